The molecule has 1 heterocycles. The molecule has 0 amide bonds. The van der Waals surface area contributed by atoms with E-state index in [9.17, 15) is 4.79 Å². The number of halogens is 1. The van der Waals surface area contributed by atoms with Gasteiger partial charge in [-0.15, -0.1) is 0 Å². The minimum Gasteiger partial charge on any atom is -0.483 e. The highest BCUT2D eigenvalue weighted by atomic mass is 79.9. The minimum atomic E-state index is -0.639. The van der Waals surface area contributed by atoms with Crippen LogP contribution in [0, 0.1) is 5.92 Å². The molecule has 0 bridgehead atoms. The first kappa shape index (κ1) is 8.59. The molecule has 11 heavy (non-hydrogen) atoms. The average molecular weight is 221 g/mol. The van der Waals surface area contributed by atoms with Gasteiger partial charge >= 0.3 is 5.97 Å². The first-order valence-corrected chi connectivity index (χ1v) is 3.98. The standard InChI is InChI=1S/C7H9BrO3/c1-7(8)5(3-4-11-7)6(9)10-2/h3-5H,1-2H3. The highest BCUT2D eigenvalue weighted by molar-refractivity contribution is 9.10. The number of methoxy groups -OCH3 is 1. The number of esters is 1. The summed E-state index contributed by atoms with van der Waals surface area (Å²) < 4.78 is 9.04. The van der Waals surface area contributed by atoms with Crippen LogP contribution in [0.3, 0.4) is 0 Å². The van der Waals surface area contributed by atoms with Crippen LogP contribution in [-0.2, 0) is 14.3 Å². The molecule has 62 valence electrons. The number of hydrogen-bond acceptors (Lipinski definition) is 3. The van der Waals surface area contributed by atoms with Crippen LogP contribution in [-0.4, -0.2) is 17.6 Å². The zero-order valence-electron chi connectivity index (χ0n) is 6.33. The van der Waals surface area contributed by atoms with Crippen molar-refractivity contribution in [3.63, 3.8) is 0 Å². The van der Waals surface area contributed by atoms with Crippen molar-refractivity contribution in [3.8, 4) is 0 Å². The van der Waals surface area contributed by atoms with Crippen LogP contribution in [0.15, 0.2) is 12.3 Å². The van der Waals surface area contributed by atoms with E-state index >= 15 is 0 Å². The van der Waals surface area contributed by atoms with E-state index in [1.54, 1.807) is 13.0 Å². The maximum absolute atomic E-state index is 11.0. The van der Waals surface area contributed by atoms with E-state index < -0.39 is 4.51 Å². The van der Waals surface area contributed by atoms with Crippen molar-refractivity contribution < 1.29 is 14.3 Å². The molecule has 1 aliphatic heterocycles. The highest BCUT2D eigenvalue weighted by Crippen LogP contribution is 2.35. The Morgan fingerprint density at radius 3 is 2.82 bits per heavy atom. The first-order chi connectivity index (χ1) is 5.08. The Balaban J connectivity index is 2.72. The van der Waals surface area contributed by atoms with Gasteiger partial charge < -0.3 is 9.47 Å². The van der Waals surface area contributed by atoms with Crippen molar-refractivity contribution >= 4 is 21.9 Å². The van der Waals surface area contributed by atoms with Crippen LogP contribution in [0.25, 0.3) is 0 Å². The Labute approximate surface area is 73.5 Å². The van der Waals surface area contributed by atoms with Gasteiger partial charge in [0.05, 0.1) is 13.4 Å². The maximum Gasteiger partial charge on any atom is 0.317 e. The summed E-state index contributed by atoms with van der Waals surface area (Å²) >= 11 is 3.26. The molecular formula is C7H9BrO3. The second kappa shape index (κ2) is 2.85. The summed E-state index contributed by atoms with van der Waals surface area (Å²) in [6, 6.07) is 0. The SMILES string of the molecule is COC(=O)C1C=COC1(C)Br. The third kappa shape index (κ3) is 1.56. The normalized spacial score (nSPS) is 35.0. The van der Waals surface area contributed by atoms with Gasteiger partial charge in [-0.2, -0.15) is 0 Å². The van der Waals surface area contributed by atoms with Crippen molar-refractivity contribution in [2.24, 2.45) is 5.92 Å². The van der Waals surface area contributed by atoms with E-state index in [0.29, 0.717) is 0 Å². The van der Waals surface area contributed by atoms with E-state index in [2.05, 4.69) is 20.7 Å². The average Bonchev–Trinajstić information content (AvgIpc) is 2.28. The van der Waals surface area contributed by atoms with E-state index in [4.69, 9.17) is 4.74 Å². The van der Waals surface area contributed by atoms with Gasteiger partial charge in [0.15, 0.2) is 4.51 Å². The summed E-state index contributed by atoms with van der Waals surface area (Å²) in [5.41, 5.74) is 0. The Bertz CT molecular complexity index is 198. The predicted molar refractivity (Wildman–Crippen MR) is 43.1 cm³/mol. The molecule has 0 aliphatic carbocycles. The van der Waals surface area contributed by atoms with E-state index in [0.717, 1.165) is 0 Å². The molecular weight excluding hydrogens is 212 g/mol. The number of alkyl halides is 1. The number of rotatable bonds is 1. The molecule has 0 saturated carbocycles. The van der Waals surface area contributed by atoms with Crippen LogP contribution < -0.4 is 0 Å². The Morgan fingerprint density at radius 1 is 1.82 bits per heavy atom. The smallest absolute Gasteiger partial charge is 0.317 e. The number of carbonyl (C=O) groups excluding carboxylic acids is 1. The first-order valence-electron chi connectivity index (χ1n) is 3.19. The van der Waals surface area contributed by atoms with Gasteiger partial charge in [0.2, 0.25) is 0 Å². The molecule has 1 aliphatic rings. The van der Waals surface area contributed by atoms with Crippen molar-refractivity contribution in [1.29, 1.82) is 0 Å². The van der Waals surface area contributed by atoms with Crippen LogP contribution in [0.1, 0.15) is 6.92 Å². The van der Waals surface area contributed by atoms with Crippen LogP contribution >= 0.6 is 15.9 Å². The van der Waals surface area contributed by atoms with E-state index in [1.807, 2.05) is 0 Å². The van der Waals surface area contributed by atoms with Gasteiger partial charge in [-0.05, 0) is 28.9 Å². The van der Waals surface area contributed by atoms with Gasteiger partial charge in [0.25, 0.3) is 0 Å². The minimum absolute atomic E-state index is 0.293. The molecule has 0 radical (unpaired) electrons. The maximum atomic E-state index is 11.0. The van der Waals surface area contributed by atoms with Gasteiger partial charge in [-0.3, -0.25) is 4.79 Å². The fraction of sp³-hybridized carbons (Fsp3) is 0.571. The molecule has 1 rings (SSSR count). The van der Waals surface area contributed by atoms with E-state index in [-0.39, 0.29) is 11.9 Å². The molecule has 0 aromatic heterocycles. The lowest BCUT2D eigenvalue weighted by Crippen LogP contribution is -2.31. The summed E-state index contributed by atoms with van der Waals surface area (Å²) in [5, 5.41) is 0. The summed E-state index contributed by atoms with van der Waals surface area (Å²) in [5.74, 6) is -0.648. The largest absolute Gasteiger partial charge is 0.483 e. The topological polar surface area (TPSA) is 35.5 Å². The van der Waals surface area contributed by atoms with Crippen molar-refractivity contribution in [1.82, 2.24) is 0 Å². The lowest BCUT2D eigenvalue weighted by atomic mass is 10.1. The van der Waals surface area contributed by atoms with Gasteiger partial charge in [0.1, 0.15) is 5.92 Å². The molecule has 0 fully saturated rings. The summed E-state index contributed by atoms with van der Waals surface area (Å²) in [6.07, 6.45) is 3.16. The molecule has 0 saturated heterocycles. The second-order valence-electron chi connectivity index (χ2n) is 2.43. The summed E-state index contributed by atoms with van der Waals surface area (Å²) in [4.78, 5) is 11.0. The number of carbonyl (C=O) groups is 1. The Hall–Kier alpha value is -0.510. The monoisotopic (exact) mass is 220 g/mol. The fourth-order valence-electron chi connectivity index (χ4n) is 0.912. The molecule has 0 aromatic carbocycles. The van der Waals surface area contributed by atoms with Gasteiger partial charge in [-0.1, -0.05) is 0 Å². The van der Waals surface area contributed by atoms with Crippen molar-refractivity contribution in [2.75, 3.05) is 7.11 Å². The van der Waals surface area contributed by atoms with Crippen LogP contribution in [0.4, 0.5) is 0 Å². The number of hydrogen-bond donors (Lipinski definition) is 0. The molecule has 0 aromatic rings. The third-order valence-electron chi connectivity index (χ3n) is 1.58. The van der Waals surface area contributed by atoms with Gasteiger partial charge in [0, 0.05) is 0 Å². The molecule has 4 heteroatoms. The summed E-state index contributed by atoms with van der Waals surface area (Å²) in [7, 11) is 1.36. The lowest BCUT2D eigenvalue weighted by molar-refractivity contribution is -0.146. The lowest BCUT2D eigenvalue weighted by Gasteiger charge is -2.21. The molecule has 2 unspecified atom stereocenters. The van der Waals surface area contributed by atoms with Crippen LogP contribution in [0.2, 0.25) is 0 Å². The summed E-state index contributed by atoms with van der Waals surface area (Å²) in [6.45, 7) is 1.77. The quantitative estimate of drug-likeness (QED) is 0.496. The second-order valence-corrected chi connectivity index (χ2v) is 4.01. The molecule has 3 nitrogen and oxygen atoms in total. The molecule has 0 spiro atoms. The highest BCUT2D eigenvalue weighted by Gasteiger charge is 2.40. The zero-order chi connectivity index (χ0) is 8.48. The third-order valence-corrected chi connectivity index (χ3v) is 2.26. The Kier molecular flexibility index (Phi) is 2.23. The van der Waals surface area contributed by atoms with Gasteiger partial charge in [-0.25, -0.2) is 0 Å². The zero-order valence-corrected chi connectivity index (χ0v) is 7.92. The predicted octanol–water partition coefficient (Wildman–Crippen LogP) is 1.43. The number of ether oxygens (including phenoxy) is 2. The van der Waals surface area contributed by atoms with Crippen molar-refractivity contribution in [3.05, 3.63) is 12.3 Å². The van der Waals surface area contributed by atoms with E-state index in [1.165, 1.54) is 13.4 Å². The fourth-order valence-corrected chi connectivity index (χ4v) is 1.36. The molecule has 2 atom stereocenters. The van der Waals surface area contributed by atoms with Crippen LogP contribution in [0.5, 0.6) is 0 Å². The molecule has 0 N–H and O–H groups in total. The van der Waals surface area contributed by atoms with Crippen molar-refractivity contribution in [2.45, 2.75) is 11.4 Å². The Morgan fingerprint density at radius 2 is 2.45 bits per heavy atom.